The van der Waals surface area contributed by atoms with E-state index < -0.39 is 0 Å². The van der Waals surface area contributed by atoms with Gasteiger partial charge in [-0.25, -0.2) is 0 Å². The highest BCUT2D eigenvalue weighted by Crippen LogP contribution is 2.60. The summed E-state index contributed by atoms with van der Waals surface area (Å²) in [6.45, 7) is 0.755. The highest BCUT2D eigenvalue weighted by atomic mass is 16.6. The van der Waals surface area contributed by atoms with E-state index in [1.54, 1.807) is 18.2 Å². The summed E-state index contributed by atoms with van der Waals surface area (Å²) >= 11 is 0. The lowest BCUT2D eigenvalue weighted by Crippen LogP contribution is -2.55. The lowest BCUT2D eigenvalue weighted by molar-refractivity contribution is -0.384. The molecule has 0 saturated heterocycles. The maximum absolute atomic E-state index is 13.6. The Kier molecular flexibility index (Phi) is 3.25. The number of rotatable bonds is 2. The number of benzene rings is 1. The molecule has 6 rings (SSSR count). The van der Waals surface area contributed by atoms with Crippen LogP contribution >= 0.6 is 0 Å². The topological polar surface area (TPSA) is 63.5 Å². The second-order valence-corrected chi connectivity index (χ2v) is 8.83. The first-order chi connectivity index (χ1) is 12.0. The van der Waals surface area contributed by atoms with E-state index in [0.29, 0.717) is 5.91 Å². The first-order valence-electron chi connectivity index (χ1n) is 9.63. The minimum absolute atomic E-state index is 0.128. The molecular weight excluding hydrogens is 316 g/mol. The zero-order valence-electron chi connectivity index (χ0n) is 14.4. The van der Waals surface area contributed by atoms with Crippen molar-refractivity contribution in [1.82, 2.24) is 0 Å². The number of anilines is 1. The van der Waals surface area contributed by atoms with Crippen molar-refractivity contribution in [3.63, 3.8) is 0 Å². The summed E-state index contributed by atoms with van der Waals surface area (Å²) in [5.41, 5.74) is 1.85. The van der Waals surface area contributed by atoms with E-state index in [-0.39, 0.29) is 16.0 Å². The monoisotopic (exact) mass is 340 g/mol. The SMILES string of the molecule is O=C(N1CCCc2cc([N+](=O)[O-])ccc21)C12CC3CC(CC(C3)C1)C2. The third-order valence-electron chi connectivity index (χ3n) is 7.13. The molecule has 0 atom stereocenters. The Hall–Kier alpha value is -1.91. The molecule has 0 unspecified atom stereocenters. The molecule has 0 N–H and O–H groups in total. The van der Waals surface area contributed by atoms with Crippen molar-refractivity contribution < 1.29 is 9.72 Å². The van der Waals surface area contributed by atoms with Gasteiger partial charge in [-0.3, -0.25) is 14.9 Å². The minimum Gasteiger partial charge on any atom is -0.312 e. The quantitative estimate of drug-likeness (QED) is 0.602. The van der Waals surface area contributed by atoms with Crippen LogP contribution in [-0.2, 0) is 11.2 Å². The summed E-state index contributed by atoms with van der Waals surface area (Å²) < 4.78 is 0. The zero-order chi connectivity index (χ0) is 17.2. The fraction of sp³-hybridized carbons (Fsp3) is 0.650. The second-order valence-electron chi connectivity index (χ2n) is 8.83. The molecule has 25 heavy (non-hydrogen) atoms. The number of carbonyl (C=O) groups excluding carboxylic acids is 1. The predicted octanol–water partition coefficient (Wildman–Crippen LogP) is 4.09. The Balaban J connectivity index is 1.48. The van der Waals surface area contributed by atoms with Gasteiger partial charge in [-0.1, -0.05) is 0 Å². The fourth-order valence-corrected chi connectivity index (χ4v) is 6.57. The van der Waals surface area contributed by atoms with Crippen molar-refractivity contribution in [1.29, 1.82) is 0 Å². The molecule has 132 valence electrons. The number of nitro groups is 1. The van der Waals surface area contributed by atoms with Crippen LogP contribution in [0.1, 0.15) is 50.5 Å². The maximum atomic E-state index is 13.6. The number of carbonyl (C=O) groups is 1. The van der Waals surface area contributed by atoms with E-state index in [9.17, 15) is 14.9 Å². The van der Waals surface area contributed by atoms with Crippen molar-refractivity contribution in [3.05, 3.63) is 33.9 Å². The minimum atomic E-state index is -0.347. The van der Waals surface area contributed by atoms with Crippen LogP contribution in [0.5, 0.6) is 0 Å². The molecule has 1 heterocycles. The van der Waals surface area contributed by atoms with Crippen LogP contribution in [0.25, 0.3) is 0 Å². The molecule has 4 saturated carbocycles. The Morgan fingerprint density at radius 3 is 2.36 bits per heavy atom. The van der Waals surface area contributed by atoms with Crippen molar-refractivity contribution in [2.24, 2.45) is 23.2 Å². The molecule has 4 fully saturated rings. The van der Waals surface area contributed by atoms with Crippen molar-refractivity contribution >= 4 is 17.3 Å². The first-order valence-corrected chi connectivity index (χ1v) is 9.63. The van der Waals surface area contributed by atoms with Crippen LogP contribution in [-0.4, -0.2) is 17.4 Å². The normalized spacial score (nSPS) is 35.5. The summed E-state index contributed by atoms with van der Waals surface area (Å²) in [6, 6.07) is 5.00. The van der Waals surface area contributed by atoms with Crippen LogP contribution in [0.2, 0.25) is 0 Å². The highest BCUT2D eigenvalue weighted by molar-refractivity contribution is 5.99. The van der Waals surface area contributed by atoms with E-state index in [0.717, 1.165) is 67.7 Å². The average molecular weight is 340 g/mol. The number of nitro benzene ring substituents is 1. The Labute approximate surface area is 147 Å². The molecule has 0 aromatic heterocycles. The summed E-state index contributed by atoms with van der Waals surface area (Å²) in [5.74, 6) is 2.55. The van der Waals surface area contributed by atoms with Crippen molar-refractivity contribution in [2.75, 3.05) is 11.4 Å². The number of hydrogen-bond acceptors (Lipinski definition) is 3. The van der Waals surface area contributed by atoms with Gasteiger partial charge in [0.05, 0.1) is 10.3 Å². The van der Waals surface area contributed by atoms with E-state index in [4.69, 9.17) is 0 Å². The molecule has 4 bridgehead atoms. The van der Waals surface area contributed by atoms with Crippen LogP contribution in [0.15, 0.2) is 18.2 Å². The Morgan fingerprint density at radius 1 is 1.12 bits per heavy atom. The van der Waals surface area contributed by atoms with E-state index in [1.807, 2.05) is 4.90 Å². The van der Waals surface area contributed by atoms with Crippen LogP contribution < -0.4 is 4.90 Å². The third kappa shape index (κ3) is 2.31. The van der Waals surface area contributed by atoms with Gasteiger partial charge in [0, 0.05) is 24.4 Å². The van der Waals surface area contributed by atoms with Gasteiger partial charge in [0.15, 0.2) is 0 Å². The lowest BCUT2D eigenvalue weighted by atomic mass is 9.49. The fourth-order valence-electron chi connectivity index (χ4n) is 6.57. The van der Waals surface area contributed by atoms with Crippen LogP contribution in [0.4, 0.5) is 11.4 Å². The number of fused-ring (bicyclic) bond motifs is 1. The lowest BCUT2D eigenvalue weighted by Gasteiger charge is -2.56. The number of amides is 1. The highest BCUT2D eigenvalue weighted by Gasteiger charge is 2.55. The van der Waals surface area contributed by atoms with E-state index in [2.05, 4.69) is 0 Å². The smallest absolute Gasteiger partial charge is 0.269 e. The van der Waals surface area contributed by atoms with Crippen molar-refractivity contribution in [3.8, 4) is 0 Å². The summed E-state index contributed by atoms with van der Waals surface area (Å²) in [5, 5.41) is 11.1. The molecule has 0 spiro atoms. The van der Waals surface area contributed by atoms with Gasteiger partial charge in [-0.05, 0) is 80.8 Å². The Morgan fingerprint density at radius 2 is 1.76 bits per heavy atom. The van der Waals surface area contributed by atoms with Crippen LogP contribution in [0.3, 0.4) is 0 Å². The number of aryl methyl sites for hydroxylation is 1. The Bertz CT molecular complexity index is 722. The first kappa shape index (κ1) is 15.4. The van der Waals surface area contributed by atoms with E-state index >= 15 is 0 Å². The van der Waals surface area contributed by atoms with Gasteiger partial charge in [0.2, 0.25) is 5.91 Å². The van der Waals surface area contributed by atoms with Gasteiger partial charge in [-0.2, -0.15) is 0 Å². The molecule has 0 radical (unpaired) electrons. The average Bonchev–Trinajstić information content (AvgIpc) is 2.59. The second kappa shape index (κ2) is 5.29. The third-order valence-corrected chi connectivity index (χ3v) is 7.13. The zero-order valence-corrected chi connectivity index (χ0v) is 14.4. The van der Waals surface area contributed by atoms with Gasteiger partial charge >= 0.3 is 0 Å². The van der Waals surface area contributed by atoms with Crippen molar-refractivity contribution in [2.45, 2.75) is 51.4 Å². The van der Waals surface area contributed by atoms with Gasteiger partial charge < -0.3 is 4.90 Å². The standard InChI is InChI=1S/C20H24N2O3/c23-19(20-10-13-6-14(11-20)8-15(7-13)12-20)21-5-1-2-16-9-17(22(24)25)3-4-18(16)21/h3-4,9,13-15H,1-2,5-8,10-12H2. The molecular formula is C20H24N2O3. The number of non-ortho nitro benzene ring substituents is 1. The summed E-state index contributed by atoms with van der Waals surface area (Å²) in [7, 11) is 0. The predicted molar refractivity (Wildman–Crippen MR) is 94.4 cm³/mol. The molecule has 1 aliphatic heterocycles. The molecule has 5 heteroatoms. The number of hydrogen-bond donors (Lipinski definition) is 0. The summed E-state index contributed by atoms with van der Waals surface area (Å²) in [4.78, 5) is 26.3. The summed E-state index contributed by atoms with van der Waals surface area (Å²) in [6.07, 6.45) is 8.90. The molecule has 1 aromatic carbocycles. The van der Waals surface area contributed by atoms with Gasteiger partial charge in [0.1, 0.15) is 0 Å². The number of nitrogens with zero attached hydrogens (tertiary/aromatic N) is 2. The molecule has 1 amide bonds. The van der Waals surface area contributed by atoms with Crippen LogP contribution in [0, 0.1) is 33.3 Å². The molecule has 4 aliphatic carbocycles. The molecule has 5 aliphatic rings. The van der Waals surface area contributed by atoms with Gasteiger partial charge in [-0.15, -0.1) is 0 Å². The maximum Gasteiger partial charge on any atom is 0.269 e. The largest absolute Gasteiger partial charge is 0.312 e. The molecule has 1 aromatic rings. The molecule has 5 nitrogen and oxygen atoms in total. The van der Waals surface area contributed by atoms with Gasteiger partial charge in [0.25, 0.3) is 5.69 Å². The van der Waals surface area contributed by atoms with E-state index in [1.165, 1.54) is 19.3 Å².